The van der Waals surface area contributed by atoms with E-state index < -0.39 is 0 Å². The molecule has 0 aromatic rings. The van der Waals surface area contributed by atoms with Crippen LogP contribution < -0.4 is 0 Å². The Bertz CT molecular complexity index is 864. The van der Waals surface area contributed by atoms with Crippen LogP contribution in [0.25, 0.3) is 0 Å². The summed E-state index contributed by atoms with van der Waals surface area (Å²) < 4.78 is 5.42. The molecule has 0 fully saturated rings. The van der Waals surface area contributed by atoms with E-state index in [0.29, 0.717) is 13.0 Å². The van der Waals surface area contributed by atoms with Gasteiger partial charge in [0.05, 0.1) is 0 Å². The van der Waals surface area contributed by atoms with Crippen molar-refractivity contribution in [2.75, 3.05) is 6.61 Å². The van der Waals surface area contributed by atoms with Crippen LogP contribution in [0.3, 0.4) is 0 Å². The van der Waals surface area contributed by atoms with Gasteiger partial charge in [0.1, 0.15) is 6.61 Å². The van der Waals surface area contributed by atoms with Gasteiger partial charge in [-0.05, 0) is 63.5 Å². The molecule has 0 saturated carbocycles. The van der Waals surface area contributed by atoms with Crippen molar-refractivity contribution >= 4 is 5.97 Å². The Labute approximate surface area is 262 Å². The van der Waals surface area contributed by atoms with Crippen molar-refractivity contribution < 1.29 is 9.53 Å². The molecule has 240 valence electrons. The molecule has 0 bridgehead atoms. The number of esters is 1. The molecule has 0 aliphatic heterocycles. The minimum absolute atomic E-state index is 0.0694. The van der Waals surface area contributed by atoms with Gasteiger partial charge in [-0.3, -0.25) is 4.79 Å². The Morgan fingerprint density at radius 3 is 1.81 bits per heavy atom. The number of ether oxygens (including phenoxy) is 1. The molecule has 0 unspecified atom stereocenters. The third-order valence-electron chi connectivity index (χ3n) is 8.91. The van der Waals surface area contributed by atoms with Gasteiger partial charge < -0.3 is 4.74 Å². The summed E-state index contributed by atoms with van der Waals surface area (Å²) in [5.74, 6) is -0.0694. The summed E-state index contributed by atoms with van der Waals surface area (Å²) in [6.07, 6.45) is 40.2. The third-order valence-corrected chi connectivity index (χ3v) is 8.91. The van der Waals surface area contributed by atoms with Gasteiger partial charge in [-0.2, -0.15) is 0 Å². The summed E-state index contributed by atoms with van der Waals surface area (Å²) in [5, 5.41) is 0. The van der Waals surface area contributed by atoms with E-state index in [-0.39, 0.29) is 11.4 Å². The monoisotopic (exact) mass is 581 g/mol. The maximum Gasteiger partial charge on any atom is 0.306 e. The highest BCUT2D eigenvalue weighted by molar-refractivity contribution is 5.69. The Balaban J connectivity index is 2.03. The van der Waals surface area contributed by atoms with Gasteiger partial charge in [0.2, 0.25) is 0 Å². The second kappa shape index (κ2) is 24.6. The summed E-state index contributed by atoms with van der Waals surface area (Å²) >= 11 is 0. The van der Waals surface area contributed by atoms with Gasteiger partial charge in [0.25, 0.3) is 0 Å². The van der Waals surface area contributed by atoms with Crippen molar-refractivity contribution in [1.29, 1.82) is 0 Å². The molecule has 0 spiro atoms. The molecule has 0 amide bonds. The van der Waals surface area contributed by atoms with Crippen molar-refractivity contribution in [1.82, 2.24) is 0 Å². The summed E-state index contributed by atoms with van der Waals surface area (Å²) in [5.41, 5.74) is 5.65. The van der Waals surface area contributed by atoms with Crippen molar-refractivity contribution in [3.63, 3.8) is 0 Å². The summed E-state index contributed by atoms with van der Waals surface area (Å²) in [4.78, 5) is 12.1. The molecule has 2 nitrogen and oxygen atoms in total. The fraction of sp³-hybridized carbons (Fsp3) is 0.725. The van der Waals surface area contributed by atoms with Crippen molar-refractivity contribution in [2.45, 2.75) is 176 Å². The van der Waals surface area contributed by atoms with Crippen LogP contribution in [0.2, 0.25) is 0 Å². The molecule has 42 heavy (non-hydrogen) atoms. The fourth-order valence-corrected chi connectivity index (χ4v) is 6.03. The van der Waals surface area contributed by atoms with Gasteiger partial charge in [0.15, 0.2) is 0 Å². The summed E-state index contributed by atoms with van der Waals surface area (Å²) in [6, 6.07) is 0. The smallest absolute Gasteiger partial charge is 0.306 e. The number of hydrogen-bond acceptors (Lipinski definition) is 2. The molecule has 0 saturated heterocycles. The first kappa shape index (κ1) is 38.2. The molecule has 1 aliphatic carbocycles. The largest absolute Gasteiger partial charge is 0.461 e. The third kappa shape index (κ3) is 20.1. The lowest BCUT2D eigenvalue weighted by Crippen LogP contribution is -2.19. The molecule has 0 aromatic carbocycles. The number of unbranched alkanes of at least 4 members (excludes halogenated alkanes) is 16. The summed E-state index contributed by atoms with van der Waals surface area (Å²) in [7, 11) is 0. The topological polar surface area (TPSA) is 26.3 Å². The van der Waals surface area contributed by atoms with E-state index >= 15 is 0 Å². The lowest BCUT2D eigenvalue weighted by Gasteiger charge is -2.32. The van der Waals surface area contributed by atoms with Crippen LogP contribution in [-0.4, -0.2) is 12.6 Å². The van der Waals surface area contributed by atoms with E-state index in [4.69, 9.17) is 4.74 Å². The predicted molar refractivity (Wildman–Crippen MR) is 186 cm³/mol. The van der Waals surface area contributed by atoms with Crippen LogP contribution >= 0.6 is 0 Å². The second-order valence-corrected chi connectivity index (χ2v) is 13.6. The fourth-order valence-electron chi connectivity index (χ4n) is 6.03. The molecule has 0 N–H and O–H groups in total. The molecule has 0 heterocycles. The Kier molecular flexibility index (Phi) is 22.4. The molecular weight excluding hydrogens is 512 g/mol. The lowest BCUT2D eigenvalue weighted by molar-refractivity contribution is -0.142. The van der Waals surface area contributed by atoms with Crippen LogP contribution in [0, 0.1) is 5.41 Å². The molecule has 2 heteroatoms. The van der Waals surface area contributed by atoms with E-state index in [2.05, 4.69) is 71.9 Å². The first-order chi connectivity index (χ1) is 20.3. The van der Waals surface area contributed by atoms with E-state index in [1.165, 1.54) is 132 Å². The number of allylic oxidation sites excluding steroid dienone is 9. The molecule has 1 rings (SSSR count). The summed E-state index contributed by atoms with van der Waals surface area (Å²) in [6.45, 7) is 13.8. The SMILES string of the molecule is CCCCCCCCCCCCCCCCCCCC(=O)OCC=C(C)C=CC=C(C)C=CC1=C(C)CCCC1(C)C. The van der Waals surface area contributed by atoms with E-state index in [1.807, 2.05) is 6.08 Å². The van der Waals surface area contributed by atoms with Gasteiger partial charge in [-0.25, -0.2) is 0 Å². The molecule has 1 aliphatic rings. The quantitative estimate of drug-likeness (QED) is 0.0644. The molecule has 0 atom stereocenters. The second-order valence-electron chi connectivity index (χ2n) is 13.6. The van der Waals surface area contributed by atoms with Crippen molar-refractivity contribution in [2.24, 2.45) is 5.41 Å². The van der Waals surface area contributed by atoms with Gasteiger partial charge in [-0.15, -0.1) is 0 Å². The Morgan fingerprint density at radius 1 is 0.762 bits per heavy atom. The average Bonchev–Trinajstić information content (AvgIpc) is 2.94. The minimum Gasteiger partial charge on any atom is -0.461 e. The normalized spacial score (nSPS) is 16.2. The van der Waals surface area contributed by atoms with E-state index in [1.54, 1.807) is 0 Å². The predicted octanol–water partition coefficient (Wildman–Crippen LogP) is 13.1. The highest BCUT2D eigenvalue weighted by atomic mass is 16.5. The zero-order valence-corrected chi connectivity index (χ0v) is 28.8. The Hall–Kier alpha value is -1.83. The highest BCUT2D eigenvalue weighted by Crippen LogP contribution is 2.40. The zero-order valence-electron chi connectivity index (χ0n) is 28.8. The van der Waals surface area contributed by atoms with Crippen LogP contribution in [0.15, 0.2) is 58.7 Å². The minimum atomic E-state index is -0.0694. The number of hydrogen-bond donors (Lipinski definition) is 0. The first-order valence-corrected chi connectivity index (χ1v) is 17.8. The van der Waals surface area contributed by atoms with Gasteiger partial charge in [-0.1, -0.05) is 171 Å². The Morgan fingerprint density at radius 2 is 1.29 bits per heavy atom. The lowest BCUT2D eigenvalue weighted by atomic mass is 9.72. The van der Waals surface area contributed by atoms with E-state index in [0.717, 1.165) is 18.4 Å². The zero-order chi connectivity index (χ0) is 30.9. The molecular formula is C40H68O2. The highest BCUT2D eigenvalue weighted by Gasteiger charge is 2.26. The standard InChI is InChI=1S/C40H68O2/c1-7-8-9-10-11-12-13-14-15-16-17-18-19-20-21-22-23-29-39(41)42-34-32-36(3)27-24-26-35(2)30-31-38-37(4)28-25-33-40(38,5)6/h24,26-27,30-32H,7-23,25,28-29,33-34H2,1-6H3. The number of rotatable bonds is 24. The van der Waals surface area contributed by atoms with Crippen molar-refractivity contribution in [3.05, 3.63) is 58.7 Å². The number of carbonyl (C=O) groups excluding carboxylic acids is 1. The van der Waals surface area contributed by atoms with Crippen LogP contribution in [0.4, 0.5) is 0 Å². The van der Waals surface area contributed by atoms with Crippen LogP contribution in [0.5, 0.6) is 0 Å². The van der Waals surface area contributed by atoms with Crippen LogP contribution in [-0.2, 0) is 9.53 Å². The maximum atomic E-state index is 12.1. The number of carbonyl (C=O) groups is 1. The molecule has 0 radical (unpaired) electrons. The molecule has 0 aromatic heterocycles. The van der Waals surface area contributed by atoms with Crippen LogP contribution in [0.1, 0.15) is 176 Å². The van der Waals surface area contributed by atoms with Gasteiger partial charge in [0, 0.05) is 6.42 Å². The van der Waals surface area contributed by atoms with E-state index in [9.17, 15) is 4.79 Å². The first-order valence-electron chi connectivity index (χ1n) is 17.8. The maximum absolute atomic E-state index is 12.1. The van der Waals surface area contributed by atoms with Crippen molar-refractivity contribution in [3.8, 4) is 0 Å². The van der Waals surface area contributed by atoms with Gasteiger partial charge >= 0.3 is 5.97 Å². The average molecular weight is 581 g/mol.